The maximum absolute atomic E-state index is 5.80. The van der Waals surface area contributed by atoms with Crippen molar-refractivity contribution in [3.8, 4) is 17.6 Å². The molecule has 0 bridgehead atoms. The summed E-state index contributed by atoms with van der Waals surface area (Å²) in [5.74, 6) is 7.13. The van der Waals surface area contributed by atoms with Crippen LogP contribution < -0.4 is 4.74 Å². The van der Waals surface area contributed by atoms with Crippen LogP contribution in [-0.4, -0.2) is 6.61 Å². The minimum absolute atomic E-state index is 0.792. The first-order valence-electron chi connectivity index (χ1n) is 6.73. The van der Waals surface area contributed by atoms with Crippen LogP contribution in [0.4, 0.5) is 0 Å². The van der Waals surface area contributed by atoms with Crippen molar-refractivity contribution < 1.29 is 4.74 Å². The van der Waals surface area contributed by atoms with Crippen LogP contribution in [0.2, 0.25) is 0 Å². The number of hydrogen-bond donors (Lipinski definition) is 0. The minimum Gasteiger partial charge on any atom is -0.493 e. The van der Waals surface area contributed by atoms with Crippen molar-refractivity contribution in [3.05, 3.63) is 28.3 Å². The van der Waals surface area contributed by atoms with E-state index in [0.717, 1.165) is 31.6 Å². The van der Waals surface area contributed by atoms with E-state index in [1.807, 2.05) is 6.92 Å². The van der Waals surface area contributed by atoms with Gasteiger partial charge in [0.1, 0.15) is 5.75 Å². The van der Waals surface area contributed by atoms with Gasteiger partial charge in [0.25, 0.3) is 0 Å². The molecule has 0 aliphatic rings. The Morgan fingerprint density at radius 3 is 2.50 bits per heavy atom. The fraction of sp³-hybridized carbons (Fsp3) is 0.529. The second-order valence-corrected chi connectivity index (χ2v) is 4.70. The Bertz CT molecular complexity index is 461. The average molecular weight is 244 g/mol. The molecular weight excluding hydrogens is 220 g/mol. The molecule has 1 aromatic rings. The fourth-order valence-corrected chi connectivity index (χ4v) is 2.16. The van der Waals surface area contributed by atoms with Crippen LogP contribution in [0.1, 0.15) is 48.9 Å². The van der Waals surface area contributed by atoms with Gasteiger partial charge in [-0.05, 0) is 68.9 Å². The number of aryl methyl sites for hydroxylation is 1. The number of benzene rings is 1. The highest BCUT2D eigenvalue weighted by atomic mass is 16.5. The molecular formula is C17H24O. The second kappa shape index (κ2) is 7.11. The molecule has 0 aromatic heterocycles. The number of rotatable bonds is 5. The van der Waals surface area contributed by atoms with Crippen molar-refractivity contribution in [2.24, 2.45) is 0 Å². The molecule has 0 aliphatic heterocycles. The quantitative estimate of drug-likeness (QED) is 0.699. The first-order valence-corrected chi connectivity index (χ1v) is 6.73. The zero-order chi connectivity index (χ0) is 13.5. The summed E-state index contributed by atoms with van der Waals surface area (Å²) >= 11 is 0. The molecule has 0 unspecified atom stereocenters. The first kappa shape index (κ1) is 14.6. The van der Waals surface area contributed by atoms with Gasteiger partial charge in [0.2, 0.25) is 0 Å². The molecule has 1 heteroatoms. The largest absolute Gasteiger partial charge is 0.493 e. The van der Waals surface area contributed by atoms with E-state index in [1.54, 1.807) is 0 Å². The Hall–Kier alpha value is -1.42. The molecule has 18 heavy (non-hydrogen) atoms. The van der Waals surface area contributed by atoms with E-state index in [1.165, 1.54) is 22.3 Å². The Labute approximate surface area is 112 Å². The van der Waals surface area contributed by atoms with Crippen LogP contribution in [0.5, 0.6) is 5.75 Å². The van der Waals surface area contributed by atoms with Gasteiger partial charge in [-0.15, -0.1) is 11.8 Å². The third kappa shape index (κ3) is 3.53. The van der Waals surface area contributed by atoms with E-state index in [0.29, 0.717) is 0 Å². The maximum Gasteiger partial charge on any atom is 0.122 e. The minimum atomic E-state index is 0.792. The van der Waals surface area contributed by atoms with Gasteiger partial charge >= 0.3 is 0 Å². The summed E-state index contributed by atoms with van der Waals surface area (Å²) in [6, 6.07) is 2.17. The predicted octanol–water partition coefficient (Wildman–Crippen LogP) is 4.36. The molecule has 1 aromatic carbocycles. The molecule has 1 rings (SSSR count). The lowest BCUT2D eigenvalue weighted by Gasteiger charge is -2.16. The van der Waals surface area contributed by atoms with E-state index in [-0.39, 0.29) is 0 Å². The SMILES string of the molecule is CC#CCCc1c(C)cc(OCCC)c(C)c1C. The Balaban J connectivity index is 2.99. The van der Waals surface area contributed by atoms with Gasteiger partial charge in [-0.25, -0.2) is 0 Å². The molecule has 0 saturated heterocycles. The van der Waals surface area contributed by atoms with Crippen molar-refractivity contribution in [2.75, 3.05) is 6.61 Å². The lowest BCUT2D eigenvalue weighted by atomic mass is 9.94. The highest BCUT2D eigenvalue weighted by Gasteiger charge is 2.10. The normalized spacial score (nSPS) is 9.83. The number of hydrogen-bond acceptors (Lipinski definition) is 1. The van der Waals surface area contributed by atoms with Gasteiger partial charge in [-0.1, -0.05) is 6.92 Å². The maximum atomic E-state index is 5.80. The van der Waals surface area contributed by atoms with Crippen molar-refractivity contribution in [1.29, 1.82) is 0 Å². The molecule has 0 atom stereocenters. The lowest BCUT2D eigenvalue weighted by molar-refractivity contribution is 0.315. The topological polar surface area (TPSA) is 9.23 Å². The Morgan fingerprint density at radius 2 is 1.89 bits per heavy atom. The molecule has 0 saturated carbocycles. The zero-order valence-corrected chi connectivity index (χ0v) is 12.3. The van der Waals surface area contributed by atoms with Gasteiger partial charge in [-0.3, -0.25) is 0 Å². The van der Waals surface area contributed by atoms with E-state index < -0.39 is 0 Å². The van der Waals surface area contributed by atoms with Crippen LogP contribution in [0.15, 0.2) is 6.07 Å². The molecule has 0 spiro atoms. The summed E-state index contributed by atoms with van der Waals surface area (Å²) in [4.78, 5) is 0. The average Bonchev–Trinajstić information content (AvgIpc) is 2.36. The Kier molecular flexibility index (Phi) is 5.78. The second-order valence-electron chi connectivity index (χ2n) is 4.70. The van der Waals surface area contributed by atoms with Crippen LogP contribution in [0, 0.1) is 32.6 Å². The molecule has 0 heterocycles. The third-order valence-corrected chi connectivity index (χ3v) is 3.35. The van der Waals surface area contributed by atoms with Crippen molar-refractivity contribution in [1.82, 2.24) is 0 Å². The number of ether oxygens (including phenoxy) is 1. The molecule has 0 aliphatic carbocycles. The van der Waals surface area contributed by atoms with Crippen molar-refractivity contribution in [3.63, 3.8) is 0 Å². The smallest absolute Gasteiger partial charge is 0.122 e. The highest BCUT2D eigenvalue weighted by Crippen LogP contribution is 2.28. The highest BCUT2D eigenvalue weighted by molar-refractivity contribution is 5.48. The third-order valence-electron chi connectivity index (χ3n) is 3.35. The monoisotopic (exact) mass is 244 g/mol. The van der Waals surface area contributed by atoms with Crippen molar-refractivity contribution >= 4 is 0 Å². The summed E-state index contributed by atoms with van der Waals surface area (Å²) in [5, 5.41) is 0. The van der Waals surface area contributed by atoms with Crippen LogP contribution in [0.25, 0.3) is 0 Å². The summed E-state index contributed by atoms with van der Waals surface area (Å²) in [6.07, 6.45) is 3.02. The predicted molar refractivity (Wildman–Crippen MR) is 78.2 cm³/mol. The van der Waals surface area contributed by atoms with Crippen LogP contribution >= 0.6 is 0 Å². The molecule has 0 N–H and O–H groups in total. The van der Waals surface area contributed by atoms with E-state index in [4.69, 9.17) is 4.74 Å². The summed E-state index contributed by atoms with van der Waals surface area (Å²) in [6.45, 7) is 11.3. The van der Waals surface area contributed by atoms with Gasteiger partial charge in [0, 0.05) is 6.42 Å². The van der Waals surface area contributed by atoms with Gasteiger partial charge in [0.15, 0.2) is 0 Å². The summed E-state index contributed by atoms with van der Waals surface area (Å²) in [7, 11) is 0. The van der Waals surface area contributed by atoms with E-state index in [2.05, 4.69) is 45.6 Å². The summed E-state index contributed by atoms with van der Waals surface area (Å²) < 4.78 is 5.80. The fourth-order valence-electron chi connectivity index (χ4n) is 2.16. The molecule has 1 nitrogen and oxygen atoms in total. The summed E-state index contributed by atoms with van der Waals surface area (Å²) in [5.41, 5.74) is 5.38. The Morgan fingerprint density at radius 1 is 1.17 bits per heavy atom. The standard InChI is InChI=1S/C17H24O/c1-6-8-9-10-16-13(3)12-17(18-11-7-2)15(5)14(16)4/h12H,7,9-11H2,1-5H3. The molecule has 0 fully saturated rings. The van der Waals surface area contributed by atoms with E-state index >= 15 is 0 Å². The van der Waals surface area contributed by atoms with Crippen LogP contribution in [-0.2, 0) is 6.42 Å². The van der Waals surface area contributed by atoms with Crippen LogP contribution in [0.3, 0.4) is 0 Å². The van der Waals surface area contributed by atoms with E-state index in [9.17, 15) is 0 Å². The molecule has 0 radical (unpaired) electrons. The molecule has 98 valence electrons. The zero-order valence-electron chi connectivity index (χ0n) is 12.3. The van der Waals surface area contributed by atoms with Gasteiger partial charge in [0.05, 0.1) is 6.61 Å². The van der Waals surface area contributed by atoms with Crippen molar-refractivity contribution in [2.45, 2.75) is 53.9 Å². The lowest BCUT2D eigenvalue weighted by Crippen LogP contribution is -2.03. The van der Waals surface area contributed by atoms with Gasteiger partial charge in [-0.2, -0.15) is 0 Å². The first-order chi connectivity index (χ1) is 8.61. The van der Waals surface area contributed by atoms with Gasteiger partial charge < -0.3 is 4.74 Å². The molecule has 0 amide bonds.